The quantitative estimate of drug-likeness (QED) is 0.715. The molecule has 3 heteroatoms. The van der Waals surface area contributed by atoms with Gasteiger partial charge in [0.25, 0.3) is 0 Å². The molecule has 0 aromatic heterocycles. The average molecular weight is 242 g/mol. The predicted molar refractivity (Wildman–Crippen MR) is 73.2 cm³/mol. The molecule has 0 aliphatic carbocycles. The molecular formula is C14H30N2O. The Morgan fingerprint density at radius 3 is 2.76 bits per heavy atom. The molecule has 2 N–H and O–H groups in total. The lowest BCUT2D eigenvalue weighted by atomic mass is 10.0. The standard InChI is InChI=1S/C14H30N2O/c1-4-14(17)11-16-8-6-5-7-13(16)10-15-9-12(2)3/h12-15,17H,4-11H2,1-3H3. The lowest BCUT2D eigenvalue weighted by Gasteiger charge is -2.37. The second-order valence-corrected chi connectivity index (χ2v) is 5.76. The smallest absolute Gasteiger partial charge is 0.0664 e. The minimum absolute atomic E-state index is 0.152. The third-order valence-corrected chi connectivity index (χ3v) is 3.60. The van der Waals surface area contributed by atoms with Crippen molar-refractivity contribution in [3.05, 3.63) is 0 Å². The first kappa shape index (κ1) is 14.9. The minimum Gasteiger partial charge on any atom is -0.392 e. The van der Waals surface area contributed by atoms with Crippen LogP contribution in [0.15, 0.2) is 0 Å². The molecule has 0 radical (unpaired) electrons. The van der Waals surface area contributed by atoms with E-state index in [2.05, 4.69) is 31.0 Å². The van der Waals surface area contributed by atoms with E-state index in [1.54, 1.807) is 0 Å². The van der Waals surface area contributed by atoms with Crippen molar-refractivity contribution in [3.63, 3.8) is 0 Å². The Balaban J connectivity index is 2.31. The van der Waals surface area contributed by atoms with E-state index in [1.807, 2.05) is 0 Å². The van der Waals surface area contributed by atoms with E-state index in [0.29, 0.717) is 12.0 Å². The lowest BCUT2D eigenvalue weighted by Crippen LogP contribution is -2.48. The van der Waals surface area contributed by atoms with E-state index >= 15 is 0 Å². The van der Waals surface area contributed by atoms with Gasteiger partial charge >= 0.3 is 0 Å². The second-order valence-electron chi connectivity index (χ2n) is 5.76. The molecule has 1 aliphatic heterocycles. The van der Waals surface area contributed by atoms with Crippen LogP contribution in [0.25, 0.3) is 0 Å². The van der Waals surface area contributed by atoms with E-state index in [9.17, 15) is 5.11 Å². The van der Waals surface area contributed by atoms with Gasteiger partial charge in [0.05, 0.1) is 6.10 Å². The van der Waals surface area contributed by atoms with Crippen LogP contribution in [0.4, 0.5) is 0 Å². The number of nitrogens with one attached hydrogen (secondary N) is 1. The van der Waals surface area contributed by atoms with Gasteiger partial charge in [0.2, 0.25) is 0 Å². The van der Waals surface area contributed by atoms with Gasteiger partial charge in [-0.15, -0.1) is 0 Å². The molecule has 2 atom stereocenters. The molecule has 0 spiro atoms. The van der Waals surface area contributed by atoms with Crippen LogP contribution in [0.2, 0.25) is 0 Å². The number of nitrogens with zero attached hydrogens (tertiary/aromatic N) is 1. The van der Waals surface area contributed by atoms with E-state index < -0.39 is 0 Å². The fraction of sp³-hybridized carbons (Fsp3) is 1.00. The van der Waals surface area contributed by atoms with Gasteiger partial charge in [-0.2, -0.15) is 0 Å². The first-order valence-electron chi connectivity index (χ1n) is 7.26. The van der Waals surface area contributed by atoms with Crippen LogP contribution < -0.4 is 5.32 Å². The number of aliphatic hydroxyl groups is 1. The van der Waals surface area contributed by atoms with Crippen LogP contribution in [0, 0.1) is 5.92 Å². The molecule has 0 aromatic carbocycles. The topological polar surface area (TPSA) is 35.5 Å². The van der Waals surface area contributed by atoms with Gasteiger partial charge in [0, 0.05) is 19.1 Å². The molecule has 0 amide bonds. The molecule has 1 aliphatic rings. The predicted octanol–water partition coefficient (Wildman–Crippen LogP) is 1.86. The van der Waals surface area contributed by atoms with Crippen molar-refractivity contribution in [2.24, 2.45) is 5.92 Å². The molecular weight excluding hydrogens is 212 g/mol. The van der Waals surface area contributed by atoms with Crippen LogP contribution in [0.5, 0.6) is 0 Å². The highest BCUT2D eigenvalue weighted by Gasteiger charge is 2.23. The maximum atomic E-state index is 9.78. The Hall–Kier alpha value is -0.120. The second kappa shape index (κ2) is 8.06. The number of piperidine rings is 1. The molecule has 2 unspecified atom stereocenters. The molecule has 1 heterocycles. The normalized spacial score (nSPS) is 24.2. The first-order valence-corrected chi connectivity index (χ1v) is 7.26. The van der Waals surface area contributed by atoms with E-state index in [1.165, 1.54) is 19.3 Å². The average Bonchev–Trinajstić information content (AvgIpc) is 2.30. The summed E-state index contributed by atoms with van der Waals surface area (Å²) in [6, 6.07) is 0.628. The summed E-state index contributed by atoms with van der Waals surface area (Å²) < 4.78 is 0. The summed E-state index contributed by atoms with van der Waals surface area (Å²) in [4.78, 5) is 2.48. The van der Waals surface area contributed by atoms with Crippen LogP contribution in [0.1, 0.15) is 46.5 Å². The van der Waals surface area contributed by atoms with Gasteiger partial charge < -0.3 is 10.4 Å². The highest BCUT2D eigenvalue weighted by molar-refractivity contribution is 4.80. The van der Waals surface area contributed by atoms with Crippen LogP contribution in [0.3, 0.4) is 0 Å². The summed E-state index contributed by atoms with van der Waals surface area (Å²) in [6.07, 6.45) is 4.62. The Morgan fingerprint density at radius 1 is 1.35 bits per heavy atom. The number of likely N-dealkylation sites (tertiary alicyclic amines) is 1. The summed E-state index contributed by atoms with van der Waals surface area (Å²) in [6.45, 7) is 10.7. The van der Waals surface area contributed by atoms with Crippen molar-refractivity contribution in [2.75, 3.05) is 26.2 Å². The molecule has 0 saturated carbocycles. The highest BCUT2D eigenvalue weighted by atomic mass is 16.3. The number of hydrogen-bond acceptors (Lipinski definition) is 3. The highest BCUT2D eigenvalue weighted by Crippen LogP contribution is 2.17. The Kier molecular flexibility index (Phi) is 7.09. The van der Waals surface area contributed by atoms with Crippen molar-refractivity contribution in [1.29, 1.82) is 0 Å². The Bertz CT molecular complexity index is 197. The van der Waals surface area contributed by atoms with Gasteiger partial charge in [-0.1, -0.05) is 27.2 Å². The van der Waals surface area contributed by atoms with Crippen LogP contribution in [-0.4, -0.2) is 48.3 Å². The molecule has 1 saturated heterocycles. The van der Waals surface area contributed by atoms with Gasteiger partial charge in [0.15, 0.2) is 0 Å². The van der Waals surface area contributed by atoms with E-state index in [0.717, 1.165) is 32.6 Å². The summed E-state index contributed by atoms with van der Waals surface area (Å²) >= 11 is 0. The minimum atomic E-state index is -0.152. The molecule has 1 fully saturated rings. The van der Waals surface area contributed by atoms with Crippen molar-refractivity contribution < 1.29 is 5.11 Å². The molecule has 3 nitrogen and oxygen atoms in total. The molecule has 0 aromatic rings. The van der Waals surface area contributed by atoms with Gasteiger partial charge in [0.1, 0.15) is 0 Å². The van der Waals surface area contributed by atoms with Crippen molar-refractivity contribution in [1.82, 2.24) is 10.2 Å². The monoisotopic (exact) mass is 242 g/mol. The Labute approximate surface area is 107 Å². The molecule has 17 heavy (non-hydrogen) atoms. The van der Waals surface area contributed by atoms with Crippen LogP contribution in [-0.2, 0) is 0 Å². The van der Waals surface area contributed by atoms with Crippen LogP contribution >= 0.6 is 0 Å². The third kappa shape index (κ3) is 5.84. The summed E-state index contributed by atoms with van der Waals surface area (Å²) in [5.41, 5.74) is 0. The van der Waals surface area contributed by atoms with Gasteiger partial charge in [-0.25, -0.2) is 0 Å². The number of β-amino-alcohol motifs (C(OH)–C–C–N with tert-alkyl or cyclic N) is 1. The fourth-order valence-corrected chi connectivity index (χ4v) is 2.47. The zero-order valence-electron chi connectivity index (χ0n) is 11.8. The maximum absolute atomic E-state index is 9.78. The summed E-state index contributed by atoms with van der Waals surface area (Å²) in [7, 11) is 0. The molecule has 0 bridgehead atoms. The van der Waals surface area contributed by atoms with Crippen molar-refractivity contribution in [2.45, 2.75) is 58.6 Å². The fourth-order valence-electron chi connectivity index (χ4n) is 2.47. The molecule has 102 valence electrons. The summed E-state index contributed by atoms with van der Waals surface area (Å²) in [5, 5.41) is 13.3. The molecule has 1 rings (SSSR count). The van der Waals surface area contributed by atoms with Crippen molar-refractivity contribution in [3.8, 4) is 0 Å². The SMILES string of the molecule is CCC(O)CN1CCCCC1CNCC(C)C. The van der Waals surface area contributed by atoms with E-state index in [4.69, 9.17) is 0 Å². The third-order valence-electron chi connectivity index (χ3n) is 3.60. The lowest BCUT2D eigenvalue weighted by molar-refractivity contribution is 0.0650. The van der Waals surface area contributed by atoms with Crippen molar-refractivity contribution >= 4 is 0 Å². The zero-order valence-corrected chi connectivity index (χ0v) is 11.8. The Morgan fingerprint density at radius 2 is 2.12 bits per heavy atom. The first-order chi connectivity index (χ1) is 8.13. The largest absolute Gasteiger partial charge is 0.392 e. The number of aliphatic hydroxyl groups excluding tert-OH is 1. The maximum Gasteiger partial charge on any atom is 0.0664 e. The van der Waals surface area contributed by atoms with Gasteiger partial charge in [-0.05, 0) is 38.3 Å². The van der Waals surface area contributed by atoms with Gasteiger partial charge in [-0.3, -0.25) is 4.90 Å². The summed E-state index contributed by atoms with van der Waals surface area (Å²) in [5.74, 6) is 0.716. The van der Waals surface area contributed by atoms with E-state index in [-0.39, 0.29) is 6.10 Å². The number of rotatable bonds is 7. The number of hydrogen-bond donors (Lipinski definition) is 2. The zero-order chi connectivity index (χ0) is 12.7.